The Labute approximate surface area is 94.8 Å². The molecule has 1 aromatic rings. The minimum Gasteiger partial charge on any atom is -0.488 e. The smallest absolute Gasteiger partial charge is 0.125 e. The molecule has 0 heterocycles. The van der Waals surface area contributed by atoms with Gasteiger partial charge in [-0.2, -0.15) is 0 Å². The number of aliphatic hydroxyl groups excluding tert-OH is 1. The molecule has 0 amide bonds. The van der Waals surface area contributed by atoms with Gasteiger partial charge in [0.2, 0.25) is 0 Å². The van der Waals surface area contributed by atoms with Gasteiger partial charge in [0.1, 0.15) is 11.9 Å². The largest absolute Gasteiger partial charge is 0.488 e. The Balaban J connectivity index is 2.89. The van der Waals surface area contributed by atoms with Crippen molar-refractivity contribution in [3.63, 3.8) is 0 Å². The van der Waals surface area contributed by atoms with Crippen LogP contribution in [0.25, 0.3) is 0 Å². The molecule has 0 saturated heterocycles. The van der Waals surface area contributed by atoms with Crippen LogP contribution < -0.4 is 10.5 Å². The summed E-state index contributed by atoms with van der Waals surface area (Å²) in [6.07, 6.45) is -0.816. The van der Waals surface area contributed by atoms with Crippen molar-refractivity contribution in [1.29, 1.82) is 0 Å². The maximum absolute atomic E-state index is 9.33. The predicted octanol–water partition coefficient (Wildman–Crippen LogP) is 1.95. The first-order valence-corrected chi connectivity index (χ1v) is 5.26. The van der Waals surface area contributed by atoms with E-state index >= 15 is 0 Å². The van der Waals surface area contributed by atoms with Gasteiger partial charge in [-0.05, 0) is 26.0 Å². The Hall–Kier alpha value is -0.770. The number of ether oxygens (including phenoxy) is 1. The van der Waals surface area contributed by atoms with Crippen LogP contribution >= 0.6 is 11.6 Å². The van der Waals surface area contributed by atoms with Crippen molar-refractivity contribution in [2.45, 2.75) is 32.6 Å². The van der Waals surface area contributed by atoms with Crippen molar-refractivity contribution in [3.05, 3.63) is 28.8 Å². The zero-order valence-corrected chi connectivity index (χ0v) is 9.66. The van der Waals surface area contributed by atoms with E-state index in [4.69, 9.17) is 22.1 Å². The molecule has 2 atom stereocenters. The highest BCUT2D eigenvalue weighted by Gasteiger charge is 2.13. The lowest BCUT2D eigenvalue weighted by molar-refractivity contribution is 0.0598. The molecule has 4 heteroatoms. The number of rotatable bonds is 4. The second-order valence-corrected chi connectivity index (χ2v) is 3.89. The molecule has 0 saturated carbocycles. The third kappa shape index (κ3) is 3.09. The standard InChI is InChI=1S/C11H16ClNO2/c1-7(14)8(2)15-11-5-3-4-10(12)9(11)6-13/h3-5,7-8,14H,6,13H2,1-2H3. The lowest BCUT2D eigenvalue weighted by Gasteiger charge is -2.19. The van der Waals surface area contributed by atoms with E-state index in [2.05, 4.69) is 0 Å². The molecule has 0 aliphatic carbocycles. The van der Waals surface area contributed by atoms with Crippen molar-refractivity contribution in [2.24, 2.45) is 5.73 Å². The second kappa shape index (κ2) is 5.35. The van der Waals surface area contributed by atoms with Crippen molar-refractivity contribution in [1.82, 2.24) is 0 Å². The quantitative estimate of drug-likeness (QED) is 0.830. The summed E-state index contributed by atoms with van der Waals surface area (Å²) in [5, 5.41) is 9.92. The second-order valence-electron chi connectivity index (χ2n) is 3.48. The van der Waals surface area contributed by atoms with Crippen LogP contribution in [0.2, 0.25) is 5.02 Å². The fourth-order valence-electron chi connectivity index (χ4n) is 1.15. The molecule has 84 valence electrons. The van der Waals surface area contributed by atoms with Crippen LogP contribution in [0.1, 0.15) is 19.4 Å². The molecule has 0 fully saturated rings. The Bertz CT molecular complexity index is 328. The van der Waals surface area contributed by atoms with Gasteiger partial charge in [-0.3, -0.25) is 0 Å². The van der Waals surface area contributed by atoms with Gasteiger partial charge in [0.15, 0.2) is 0 Å². The molecule has 0 aromatic heterocycles. The summed E-state index contributed by atoms with van der Waals surface area (Å²) in [6.45, 7) is 3.80. The van der Waals surface area contributed by atoms with Gasteiger partial charge in [-0.1, -0.05) is 17.7 Å². The fourth-order valence-corrected chi connectivity index (χ4v) is 1.39. The lowest BCUT2D eigenvalue weighted by Crippen LogP contribution is -2.26. The van der Waals surface area contributed by atoms with E-state index in [1.54, 1.807) is 32.0 Å². The molecule has 3 N–H and O–H groups in total. The molecular weight excluding hydrogens is 214 g/mol. The third-order valence-corrected chi connectivity index (χ3v) is 2.63. The number of nitrogens with two attached hydrogens (primary N) is 1. The molecule has 2 unspecified atom stereocenters. The summed E-state index contributed by atoms with van der Waals surface area (Å²) in [6, 6.07) is 5.36. The summed E-state index contributed by atoms with van der Waals surface area (Å²) in [7, 11) is 0. The van der Waals surface area contributed by atoms with E-state index in [9.17, 15) is 5.11 Å². The average Bonchev–Trinajstić information content (AvgIpc) is 2.18. The van der Waals surface area contributed by atoms with Gasteiger partial charge in [0.25, 0.3) is 0 Å². The highest BCUT2D eigenvalue weighted by atomic mass is 35.5. The van der Waals surface area contributed by atoms with Gasteiger partial charge >= 0.3 is 0 Å². The first-order valence-electron chi connectivity index (χ1n) is 4.88. The first kappa shape index (κ1) is 12.3. The normalized spacial score (nSPS) is 14.7. The van der Waals surface area contributed by atoms with Crippen LogP contribution in [-0.2, 0) is 6.54 Å². The number of halogens is 1. The van der Waals surface area contributed by atoms with Gasteiger partial charge in [0, 0.05) is 17.1 Å². The van der Waals surface area contributed by atoms with Crippen LogP contribution in [0.5, 0.6) is 5.75 Å². The molecule has 1 rings (SSSR count). The fraction of sp³-hybridized carbons (Fsp3) is 0.455. The summed E-state index contributed by atoms with van der Waals surface area (Å²) in [4.78, 5) is 0. The monoisotopic (exact) mass is 229 g/mol. The molecule has 0 aliphatic heterocycles. The minimum absolute atomic E-state index is 0.284. The Morgan fingerprint density at radius 3 is 2.67 bits per heavy atom. The Morgan fingerprint density at radius 2 is 2.13 bits per heavy atom. The van der Waals surface area contributed by atoms with Crippen LogP contribution in [-0.4, -0.2) is 17.3 Å². The van der Waals surface area contributed by atoms with E-state index in [1.807, 2.05) is 0 Å². The van der Waals surface area contributed by atoms with E-state index in [1.165, 1.54) is 0 Å². The molecule has 0 aliphatic rings. The molecule has 0 bridgehead atoms. The van der Waals surface area contributed by atoms with Crippen LogP contribution in [0, 0.1) is 0 Å². The SMILES string of the molecule is CC(O)C(C)Oc1cccc(Cl)c1CN. The number of hydrogen-bond acceptors (Lipinski definition) is 3. The Kier molecular flexibility index (Phi) is 4.39. The molecule has 0 radical (unpaired) electrons. The lowest BCUT2D eigenvalue weighted by atomic mass is 10.2. The molecule has 0 spiro atoms. The number of hydrogen-bond donors (Lipinski definition) is 2. The third-order valence-electron chi connectivity index (χ3n) is 2.27. The maximum atomic E-state index is 9.33. The van der Waals surface area contributed by atoms with Crippen LogP contribution in [0.15, 0.2) is 18.2 Å². The van der Waals surface area contributed by atoms with Crippen molar-refractivity contribution in [2.75, 3.05) is 0 Å². The first-order chi connectivity index (χ1) is 7.06. The topological polar surface area (TPSA) is 55.5 Å². The molecule has 15 heavy (non-hydrogen) atoms. The minimum atomic E-state index is -0.533. The Morgan fingerprint density at radius 1 is 1.47 bits per heavy atom. The van der Waals surface area contributed by atoms with Gasteiger partial charge in [0.05, 0.1) is 6.10 Å². The zero-order chi connectivity index (χ0) is 11.4. The number of benzene rings is 1. The average molecular weight is 230 g/mol. The van der Waals surface area contributed by atoms with E-state index in [0.29, 0.717) is 17.3 Å². The highest BCUT2D eigenvalue weighted by Crippen LogP contribution is 2.26. The van der Waals surface area contributed by atoms with Crippen molar-refractivity contribution < 1.29 is 9.84 Å². The highest BCUT2D eigenvalue weighted by molar-refractivity contribution is 6.31. The van der Waals surface area contributed by atoms with Crippen molar-refractivity contribution >= 4 is 11.6 Å². The number of aliphatic hydroxyl groups is 1. The summed E-state index contributed by atoms with van der Waals surface area (Å²) in [5.41, 5.74) is 6.35. The summed E-state index contributed by atoms with van der Waals surface area (Å²) < 4.78 is 5.56. The van der Waals surface area contributed by atoms with E-state index in [-0.39, 0.29) is 6.10 Å². The predicted molar refractivity (Wildman–Crippen MR) is 61.1 cm³/mol. The molecule has 3 nitrogen and oxygen atoms in total. The zero-order valence-electron chi connectivity index (χ0n) is 8.90. The van der Waals surface area contributed by atoms with Crippen molar-refractivity contribution in [3.8, 4) is 5.75 Å². The molecular formula is C11H16ClNO2. The summed E-state index contributed by atoms with van der Waals surface area (Å²) >= 11 is 5.97. The molecule has 1 aromatic carbocycles. The van der Waals surface area contributed by atoms with Gasteiger partial charge in [-0.25, -0.2) is 0 Å². The van der Waals surface area contributed by atoms with Crippen LogP contribution in [0.3, 0.4) is 0 Å². The van der Waals surface area contributed by atoms with E-state index in [0.717, 1.165) is 5.56 Å². The van der Waals surface area contributed by atoms with Gasteiger partial charge in [-0.15, -0.1) is 0 Å². The maximum Gasteiger partial charge on any atom is 0.125 e. The van der Waals surface area contributed by atoms with Gasteiger partial charge < -0.3 is 15.6 Å². The summed E-state index contributed by atoms with van der Waals surface area (Å²) in [5.74, 6) is 0.637. The van der Waals surface area contributed by atoms with E-state index < -0.39 is 6.10 Å². The van der Waals surface area contributed by atoms with Crippen LogP contribution in [0.4, 0.5) is 0 Å².